The molecule has 1 aliphatic rings. The van der Waals surface area contributed by atoms with Gasteiger partial charge in [-0.25, -0.2) is 4.79 Å². The van der Waals surface area contributed by atoms with Gasteiger partial charge in [-0.3, -0.25) is 9.69 Å². The topological polar surface area (TPSA) is 85.3 Å². The Balaban J connectivity index is 1.77. The molecule has 0 aromatic heterocycles. The Morgan fingerprint density at radius 2 is 1.91 bits per heavy atom. The summed E-state index contributed by atoms with van der Waals surface area (Å²) in [4.78, 5) is 25.8. The van der Waals surface area contributed by atoms with Crippen molar-refractivity contribution in [2.45, 2.75) is 38.1 Å². The first-order chi connectivity index (χ1) is 15.5. The Kier molecular flexibility index (Phi) is 8.50. The lowest BCUT2D eigenvalue weighted by Crippen LogP contribution is -2.35. The molecule has 1 heterocycles. The SMILES string of the molecule is COC(=O)CCCCN(CCc1ccccc1O)C1CCOc2cc(C(=O)OC)ccc21. The van der Waals surface area contributed by atoms with Crippen LogP contribution < -0.4 is 4.74 Å². The molecular weight excluding hydrogens is 410 g/mol. The molecule has 3 rings (SSSR count). The molecule has 0 aliphatic carbocycles. The average Bonchev–Trinajstić information content (AvgIpc) is 2.83. The van der Waals surface area contributed by atoms with Gasteiger partial charge in [-0.15, -0.1) is 0 Å². The Hall–Kier alpha value is -3.06. The van der Waals surface area contributed by atoms with E-state index in [1.165, 1.54) is 14.2 Å². The van der Waals surface area contributed by atoms with Crippen LogP contribution in [-0.2, 0) is 20.7 Å². The lowest BCUT2D eigenvalue weighted by atomic mass is 9.96. The van der Waals surface area contributed by atoms with E-state index >= 15 is 0 Å². The van der Waals surface area contributed by atoms with E-state index in [9.17, 15) is 14.7 Å². The number of rotatable bonds is 10. The summed E-state index contributed by atoms with van der Waals surface area (Å²) >= 11 is 0. The molecule has 0 saturated carbocycles. The molecule has 0 amide bonds. The van der Waals surface area contributed by atoms with Crippen molar-refractivity contribution in [2.24, 2.45) is 0 Å². The van der Waals surface area contributed by atoms with E-state index in [1.807, 2.05) is 24.3 Å². The van der Waals surface area contributed by atoms with Crippen molar-refractivity contribution in [1.82, 2.24) is 4.90 Å². The molecule has 0 saturated heterocycles. The quantitative estimate of drug-likeness (QED) is 0.442. The highest BCUT2D eigenvalue weighted by Crippen LogP contribution is 2.37. The second-order valence-electron chi connectivity index (χ2n) is 7.85. The number of aromatic hydroxyl groups is 1. The Labute approximate surface area is 188 Å². The van der Waals surface area contributed by atoms with Crippen LogP contribution in [0.1, 0.15) is 53.2 Å². The van der Waals surface area contributed by atoms with Gasteiger partial charge in [0.1, 0.15) is 11.5 Å². The van der Waals surface area contributed by atoms with Crippen LogP contribution in [0.4, 0.5) is 0 Å². The standard InChI is InChI=1S/C25H31NO6/c1-30-24(28)9-5-6-14-26(15-12-18-7-3-4-8-22(18)27)21-13-16-32-23-17-19(25(29)31-2)10-11-20(21)23/h3-4,7-8,10-11,17,21,27H,5-6,9,12-16H2,1-2H3. The lowest BCUT2D eigenvalue weighted by Gasteiger charge is -2.36. The molecule has 0 fully saturated rings. The van der Waals surface area contributed by atoms with Gasteiger partial charge in [0.25, 0.3) is 0 Å². The molecule has 2 aromatic carbocycles. The molecule has 1 N–H and O–H groups in total. The van der Waals surface area contributed by atoms with Crippen molar-refractivity contribution in [2.75, 3.05) is 33.9 Å². The fourth-order valence-electron chi connectivity index (χ4n) is 4.09. The fraction of sp³-hybridized carbons (Fsp3) is 0.440. The Morgan fingerprint density at radius 3 is 2.66 bits per heavy atom. The van der Waals surface area contributed by atoms with Crippen LogP contribution in [0.15, 0.2) is 42.5 Å². The van der Waals surface area contributed by atoms with Crippen molar-refractivity contribution >= 4 is 11.9 Å². The van der Waals surface area contributed by atoms with Gasteiger partial charge < -0.3 is 19.3 Å². The number of phenolic OH excluding ortho intramolecular Hbond substituents is 1. The van der Waals surface area contributed by atoms with Crippen molar-refractivity contribution in [3.63, 3.8) is 0 Å². The number of carbonyl (C=O) groups is 2. The molecule has 32 heavy (non-hydrogen) atoms. The minimum atomic E-state index is -0.391. The first-order valence-electron chi connectivity index (χ1n) is 11.0. The van der Waals surface area contributed by atoms with Crippen molar-refractivity contribution in [3.05, 3.63) is 59.2 Å². The molecule has 0 bridgehead atoms. The molecule has 172 valence electrons. The van der Waals surface area contributed by atoms with Crippen LogP contribution in [0.5, 0.6) is 11.5 Å². The summed E-state index contributed by atoms with van der Waals surface area (Å²) in [5.74, 6) is 0.412. The van der Waals surface area contributed by atoms with E-state index in [4.69, 9.17) is 14.2 Å². The summed E-state index contributed by atoms with van der Waals surface area (Å²) in [5.41, 5.74) is 2.40. The molecule has 0 spiro atoms. The molecule has 0 radical (unpaired) electrons. The highest BCUT2D eigenvalue weighted by molar-refractivity contribution is 5.90. The Morgan fingerprint density at radius 1 is 1.09 bits per heavy atom. The fourth-order valence-corrected chi connectivity index (χ4v) is 4.09. The van der Waals surface area contributed by atoms with Gasteiger partial charge >= 0.3 is 11.9 Å². The van der Waals surface area contributed by atoms with E-state index in [0.717, 1.165) is 43.5 Å². The highest BCUT2D eigenvalue weighted by atomic mass is 16.5. The predicted octanol–water partition coefficient (Wildman–Crippen LogP) is 3.89. The van der Waals surface area contributed by atoms with Gasteiger partial charge in [0.05, 0.1) is 26.4 Å². The third-order valence-corrected chi connectivity index (χ3v) is 5.85. The number of phenols is 1. The number of ether oxygens (including phenoxy) is 3. The molecule has 1 aliphatic heterocycles. The zero-order chi connectivity index (χ0) is 22.9. The first kappa shape index (κ1) is 23.6. The Bertz CT molecular complexity index is 928. The van der Waals surface area contributed by atoms with Crippen LogP contribution in [0.25, 0.3) is 0 Å². The smallest absolute Gasteiger partial charge is 0.337 e. The lowest BCUT2D eigenvalue weighted by molar-refractivity contribution is -0.140. The summed E-state index contributed by atoms with van der Waals surface area (Å²) in [6.07, 6.45) is 3.52. The van der Waals surface area contributed by atoms with E-state index < -0.39 is 5.97 Å². The number of methoxy groups -OCH3 is 2. The molecule has 2 aromatic rings. The monoisotopic (exact) mass is 441 g/mol. The summed E-state index contributed by atoms with van der Waals surface area (Å²) < 4.78 is 15.4. The largest absolute Gasteiger partial charge is 0.508 e. The number of hydrogen-bond donors (Lipinski definition) is 1. The number of fused-ring (bicyclic) bond motifs is 1. The third kappa shape index (κ3) is 6.01. The highest BCUT2D eigenvalue weighted by Gasteiger charge is 2.28. The molecule has 7 nitrogen and oxygen atoms in total. The van der Waals surface area contributed by atoms with Gasteiger partial charge in [-0.2, -0.15) is 0 Å². The minimum Gasteiger partial charge on any atom is -0.508 e. The molecule has 1 atom stereocenters. The summed E-state index contributed by atoms with van der Waals surface area (Å²) in [5, 5.41) is 10.2. The number of hydrogen-bond acceptors (Lipinski definition) is 7. The normalized spacial score (nSPS) is 15.0. The maximum atomic E-state index is 11.9. The van der Waals surface area contributed by atoms with Crippen molar-refractivity contribution in [1.29, 1.82) is 0 Å². The second kappa shape index (κ2) is 11.5. The average molecular weight is 442 g/mol. The second-order valence-corrected chi connectivity index (χ2v) is 7.85. The summed E-state index contributed by atoms with van der Waals surface area (Å²) in [6, 6.07) is 12.9. The van der Waals surface area contributed by atoms with Gasteiger partial charge in [-0.05, 0) is 49.6 Å². The molecule has 1 unspecified atom stereocenters. The number of unbranched alkanes of at least 4 members (excludes halogenated alkanes) is 1. The third-order valence-electron chi connectivity index (χ3n) is 5.85. The molecule has 7 heteroatoms. The number of nitrogens with zero attached hydrogens (tertiary/aromatic N) is 1. The number of carbonyl (C=O) groups excluding carboxylic acids is 2. The van der Waals surface area contributed by atoms with E-state index in [-0.39, 0.29) is 12.0 Å². The maximum absolute atomic E-state index is 11.9. The number of benzene rings is 2. The van der Waals surface area contributed by atoms with Crippen LogP contribution >= 0.6 is 0 Å². The number of para-hydroxylation sites is 1. The molecular formula is C25H31NO6. The van der Waals surface area contributed by atoms with Crippen LogP contribution in [-0.4, -0.2) is 55.9 Å². The van der Waals surface area contributed by atoms with Crippen LogP contribution in [0, 0.1) is 0 Å². The van der Waals surface area contributed by atoms with Crippen LogP contribution in [0.2, 0.25) is 0 Å². The van der Waals surface area contributed by atoms with Crippen molar-refractivity contribution in [3.8, 4) is 11.5 Å². The maximum Gasteiger partial charge on any atom is 0.337 e. The predicted molar refractivity (Wildman–Crippen MR) is 120 cm³/mol. The zero-order valence-corrected chi connectivity index (χ0v) is 18.7. The minimum absolute atomic E-state index is 0.120. The zero-order valence-electron chi connectivity index (χ0n) is 18.7. The van der Waals surface area contributed by atoms with Crippen LogP contribution in [0.3, 0.4) is 0 Å². The summed E-state index contributed by atoms with van der Waals surface area (Å²) in [7, 11) is 2.77. The van der Waals surface area contributed by atoms with Gasteiger partial charge in [0.2, 0.25) is 0 Å². The van der Waals surface area contributed by atoms with Gasteiger partial charge in [0, 0.05) is 31.0 Å². The van der Waals surface area contributed by atoms with Gasteiger partial charge in [-0.1, -0.05) is 24.3 Å². The van der Waals surface area contributed by atoms with E-state index in [0.29, 0.717) is 36.5 Å². The van der Waals surface area contributed by atoms with Crippen molar-refractivity contribution < 1.29 is 28.9 Å². The van der Waals surface area contributed by atoms with Gasteiger partial charge in [0.15, 0.2) is 0 Å². The first-order valence-corrected chi connectivity index (χ1v) is 11.0. The summed E-state index contributed by atoms with van der Waals surface area (Å²) in [6.45, 7) is 2.10. The number of esters is 2. The van der Waals surface area contributed by atoms with E-state index in [1.54, 1.807) is 18.2 Å². The van der Waals surface area contributed by atoms with E-state index in [2.05, 4.69) is 4.90 Å².